The van der Waals surface area contributed by atoms with Crippen LogP contribution in [0.1, 0.15) is 11.5 Å². The molecule has 0 aliphatic rings. The van der Waals surface area contributed by atoms with Crippen LogP contribution in [-0.2, 0) is 12.3 Å². The predicted octanol–water partition coefficient (Wildman–Crippen LogP) is 2.42. The van der Waals surface area contributed by atoms with E-state index >= 15 is 0 Å². The molecule has 0 aliphatic heterocycles. The fourth-order valence-corrected chi connectivity index (χ4v) is 1.47. The maximum absolute atomic E-state index is 5.55. The van der Waals surface area contributed by atoms with Gasteiger partial charge in [0.2, 0.25) is 0 Å². The molecule has 0 amide bonds. The van der Waals surface area contributed by atoms with Crippen molar-refractivity contribution in [3.63, 3.8) is 0 Å². The lowest BCUT2D eigenvalue weighted by Crippen LogP contribution is -2.11. The number of rotatable bonds is 6. The maximum atomic E-state index is 5.55. The third-order valence-electron chi connectivity index (χ3n) is 1.59. The monoisotopic (exact) mass is 197 g/mol. The van der Waals surface area contributed by atoms with Crippen LogP contribution in [0.25, 0.3) is 0 Å². The predicted molar refractivity (Wildman–Crippen MR) is 57.8 cm³/mol. The Hall–Kier alpha value is -0.670. The average Bonchev–Trinajstić information content (AvgIpc) is 2.54. The minimum atomic E-state index is 0.778. The van der Waals surface area contributed by atoms with Gasteiger partial charge in [-0.3, -0.25) is 0 Å². The summed E-state index contributed by atoms with van der Waals surface area (Å²) in [6, 6.07) is 4.04. The molecule has 3 heteroatoms. The first kappa shape index (κ1) is 10.4. The van der Waals surface area contributed by atoms with Crippen molar-refractivity contribution in [3.05, 3.63) is 36.3 Å². The van der Waals surface area contributed by atoms with E-state index in [4.69, 9.17) is 4.42 Å². The van der Waals surface area contributed by atoms with E-state index in [9.17, 15) is 0 Å². The zero-order valence-corrected chi connectivity index (χ0v) is 8.69. The van der Waals surface area contributed by atoms with Gasteiger partial charge in [0.15, 0.2) is 0 Å². The van der Waals surface area contributed by atoms with Gasteiger partial charge in [0.25, 0.3) is 0 Å². The molecule has 72 valence electrons. The van der Waals surface area contributed by atoms with Gasteiger partial charge in [-0.15, -0.1) is 6.58 Å². The Balaban J connectivity index is 2.35. The number of hydrogen-bond acceptors (Lipinski definition) is 3. The molecule has 1 N–H and O–H groups in total. The number of hydrogen-bond donors (Lipinski definition) is 1. The molecule has 1 aromatic heterocycles. The summed E-state index contributed by atoms with van der Waals surface area (Å²) in [6.07, 6.45) is 3.91. The second-order valence-corrected chi connectivity index (χ2v) is 3.59. The molecular weight excluding hydrogens is 182 g/mol. The standard InChI is InChI=1S/C10H15NOS/c1-3-6-11-7-9-4-5-10(12-9)8-13-2/h3-5,11H,1,6-8H2,2H3. The van der Waals surface area contributed by atoms with Gasteiger partial charge in [0.05, 0.1) is 12.3 Å². The van der Waals surface area contributed by atoms with Crippen LogP contribution in [0.3, 0.4) is 0 Å². The summed E-state index contributed by atoms with van der Waals surface area (Å²) >= 11 is 1.77. The number of nitrogens with one attached hydrogen (secondary N) is 1. The van der Waals surface area contributed by atoms with Crippen LogP contribution < -0.4 is 5.32 Å². The molecule has 0 aromatic carbocycles. The molecule has 1 heterocycles. The zero-order chi connectivity index (χ0) is 9.52. The molecule has 0 saturated carbocycles. The van der Waals surface area contributed by atoms with E-state index in [2.05, 4.69) is 18.2 Å². The van der Waals surface area contributed by atoms with Crippen molar-refractivity contribution in [3.8, 4) is 0 Å². The van der Waals surface area contributed by atoms with Gasteiger partial charge in [0, 0.05) is 6.54 Å². The summed E-state index contributed by atoms with van der Waals surface area (Å²) < 4.78 is 5.55. The van der Waals surface area contributed by atoms with E-state index in [1.165, 1.54) is 0 Å². The number of thioether (sulfide) groups is 1. The molecule has 2 nitrogen and oxygen atoms in total. The third-order valence-corrected chi connectivity index (χ3v) is 2.17. The molecule has 0 bridgehead atoms. The van der Waals surface area contributed by atoms with Crippen LogP contribution in [0.5, 0.6) is 0 Å². The Bertz CT molecular complexity index is 257. The molecule has 0 aliphatic carbocycles. The van der Waals surface area contributed by atoms with Crippen LogP contribution in [-0.4, -0.2) is 12.8 Å². The van der Waals surface area contributed by atoms with E-state index in [-0.39, 0.29) is 0 Å². The molecule has 1 aromatic rings. The van der Waals surface area contributed by atoms with Gasteiger partial charge >= 0.3 is 0 Å². The minimum Gasteiger partial charge on any atom is -0.464 e. The Morgan fingerprint density at radius 2 is 2.31 bits per heavy atom. The van der Waals surface area contributed by atoms with Crippen LogP contribution >= 0.6 is 11.8 Å². The molecule has 0 atom stereocenters. The van der Waals surface area contributed by atoms with Crippen molar-refractivity contribution in [2.45, 2.75) is 12.3 Å². The Kier molecular flexibility index (Phi) is 4.72. The highest BCUT2D eigenvalue weighted by molar-refractivity contribution is 7.97. The summed E-state index contributed by atoms with van der Waals surface area (Å²) in [5.74, 6) is 2.98. The lowest BCUT2D eigenvalue weighted by atomic mass is 10.4. The second-order valence-electron chi connectivity index (χ2n) is 2.72. The smallest absolute Gasteiger partial charge is 0.118 e. The van der Waals surface area contributed by atoms with Crippen molar-refractivity contribution < 1.29 is 4.42 Å². The SMILES string of the molecule is C=CCNCc1ccc(CSC)o1. The largest absolute Gasteiger partial charge is 0.464 e. The van der Waals surface area contributed by atoms with Gasteiger partial charge in [-0.1, -0.05) is 6.08 Å². The molecule has 0 saturated heterocycles. The van der Waals surface area contributed by atoms with Gasteiger partial charge in [-0.05, 0) is 18.4 Å². The highest BCUT2D eigenvalue weighted by Gasteiger charge is 1.99. The van der Waals surface area contributed by atoms with Crippen molar-refractivity contribution in [2.24, 2.45) is 0 Å². The van der Waals surface area contributed by atoms with Crippen molar-refractivity contribution >= 4 is 11.8 Å². The van der Waals surface area contributed by atoms with Gasteiger partial charge in [0.1, 0.15) is 11.5 Å². The second kappa shape index (κ2) is 5.89. The number of furan rings is 1. The van der Waals surface area contributed by atoms with Crippen molar-refractivity contribution in [1.82, 2.24) is 5.32 Å². The van der Waals surface area contributed by atoms with E-state index in [0.29, 0.717) is 0 Å². The van der Waals surface area contributed by atoms with E-state index in [0.717, 1.165) is 30.4 Å². The highest BCUT2D eigenvalue weighted by atomic mass is 32.2. The summed E-state index contributed by atoms with van der Waals surface area (Å²) in [4.78, 5) is 0. The van der Waals surface area contributed by atoms with Gasteiger partial charge < -0.3 is 9.73 Å². The van der Waals surface area contributed by atoms with Crippen LogP contribution in [0, 0.1) is 0 Å². The summed E-state index contributed by atoms with van der Waals surface area (Å²) in [6.45, 7) is 5.23. The molecule has 1 rings (SSSR count). The molecular formula is C10H15NOS. The first-order chi connectivity index (χ1) is 6.36. The lowest BCUT2D eigenvalue weighted by molar-refractivity contribution is 0.465. The topological polar surface area (TPSA) is 25.2 Å². The minimum absolute atomic E-state index is 0.778. The van der Waals surface area contributed by atoms with E-state index in [1.54, 1.807) is 11.8 Å². The Morgan fingerprint density at radius 3 is 3.00 bits per heavy atom. The Morgan fingerprint density at radius 1 is 1.54 bits per heavy atom. The quantitative estimate of drug-likeness (QED) is 0.560. The summed E-state index contributed by atoms with van der Waals surface area (Å²) in [7, 11) is 0. The molecule has 0 fully saturated rings. The zero-order valence-electron chi connectivity index (χ0n) is 7.88. The fourth-order valence-electron chi connectivity index (χ4n) is 1.03. The first-order valence-electron chi connectivity index (χ1n) is 4.25. The molecule has 13 heavy (non-hydrogen) atoms. The summed E-state index contributed by atoms with van der Waals surface area (Å²) in [5.41, 5.74) is 0. The van der Waals surface area contributed by atoms with E-state index in [1.807, 2.05) is 18.2 Å². The van der Waals surface area contributed by atoms with Crippen LogP contribution in [0.2, 0.25) is 0 Å². The lowest BCUT2D eigenvalue weighted by Gasteiger charge is -1.97. The maximum Gasteiger partial charge on any atom is 0.118 e. The average molecular weight is 197 g/mol. The van der Waals surface area contributed by atoms with Crippen LogP contribution in [0.4, 0.5) is 0 Å². The third kappa shape index (κ3) is 3.70. The summed E-state index contributed by atoms with van der Waals surface area (Å²) in [5, 5.41) is 3.19. The van der Waals surface area contributed by atoms with Crippen LogP contribution in [0.15, 0.2) is 29.2 Å². The van der Waals surface area contributed by atoms with Gasteiger partial charge in [-0.25, -0.2) is 0 Å². The fraction of sp³-hybridized carbons (Fsp3) is 0.400. The first-order valence-corrected chi connectivity index (χ1v) is 5.64. The molecule has 0 spiro atoms. The normalized spacial score (nSPS) is 10.2. The van der Waals surface area contributed by atoms with Crippen molar-refractivity contribution in [2.75, 3.05) is 12.8 Å². The highest BCUT2D eigenvalue weighted by Crippen LogP contribution is 2.12. The Labute approximate surface area is 83.4 Å². The molecule has 0 unspecified atom stereocenters. The van der Waals surface area contributed by atoms with Crippen molar-refractivity contribution in [1.29, 1.82) is 0 Å². The van der Waals surface area contributed by atoms with E-state index < -0.39 is 0 Å². The molecule has 0 radical (unpaired) electrons. The van der Waals surface area contributed by atoms with Gasteiger partial charge in [-0.2, -0.15) is 11.8 Å².